The second kappa shape index (κ2) is 13.6. The van der Waals surface area contributed by atoms with Crippen molar-refractivity contribution in [3.05, 3.63) is 187 Å². The fraction of sp³-hybridized carbons (Fsp3) is 0.164. The zero-order chi connectivity index (χ0) is 38.1. The molecule has 2 aliphatic rings. The number of fused-ring (bicyclic) bond motifs is 7. The largest absolute Gasteiger partial charge is 0.310 e. The maximum Gasteiger partial charge on any atom is 0.0540 e. The Kier molecular flexibility index (Phi) is 8.19. The first-order chi connectivity index (χ1) is 28.0. The van der Waals surface area contributed by atoms with E-state index in [0.29, 0.717) is 5.92 Å². The predicted molar refractivity (Wildman–Crippen MR) is 246 cm³/mol. The van der Waals surface area contributed by atoms with Crippen molar-refractivity contribution in [3.63, 3.8) is 0 Å². The third-order valence-corrected chi connectivity index (χ3v) is 14.2. The van der Waals surface area contributed by atoms with Gasteiger partial charge >= 0.3 is 0 Å². The van der Waals surface area contributed by atoms with Gasteiger partial charge in [-0.05, 0) is 117 Å². The molecule has 1 saturated carbocycles. The molecule has 8 aromatic carbocycles. The molecule has 57 heavy (non-hydrogen) atoms. The summed E-state index contributed by atoms with van der Waals surface area (Å²) in [5, 5.41) is 5.42. The van der Waals surface area contributed by atoms with Crippen LogP contribution in [0.15, 0.2) is 170 Å². The lowest BCUT2D eigenvalue weighted by molar-refractivity contribution is 0.445. The number of thiophene rings is 1. The molecule has 0 N–H and O–H groups in total. The first-order valence-corrected chi connectivity index (χ1v) is 21.5. The Labute approximate surface area is 339 Å². The van der Waals surface area contributed by atoms with E-state index in [1.54, 1.807) is 0 Å². The second-order valence-corrected chi connectivity index (χ2v) is 17.7. The third-order valence-electron chi connectivity index (χ3n) is 13.1. The Morgan fingerprint density at radius 3 is 2.00 bits per heavy atom. The molecule has 11 rings (SSSR count). The van der Waals surface area contributed by atoms with Crippen molar-refractivity contribution in [2.75, 3.05) is 4.90 Å². The SMILES string of the molecule is CC1(C)c2ccccc2-c2ccc(N(c3ccc(-c4cccc5sc6ccccc6c45)cc3)c3ccccc3-c3cccc4cccc(C5CCCCC5)c34)cc21. The molecule has 0 spiro atoms. The number of rotatable bonds is 6. The van der Waals surface area contributed by atoms with Gasteiger partial charge in [0, 0.05) is 42.5 Å². The minimum Gasteiger partial charge on any atom is -0.310 e. The summed E-state index contributed by atoms with van der Waals surface area (Å²) in [5.74, 6) is 0.602. The normalized spacial score (nSPS) is 14.9. The van der Waals surface area contributed by atoms with Crippen LogP contribution < -0.4 is 4.90 Å². The van der Waals surface area contributed by atoms with Crippen LogP contribution in [-0.2, 0) is 5.41 Å². The molecule has 0 aliphatic heterocycles. The Balaban J connectivity index is 1.11. The third kappa shape index (κ3) is 5.57. The van der Waals surface area contributed by atoms with Crippen LogP contribution in [0.4, 0.5) is 17.1 Å². The fourth-order valence-electron chi connectivity index (χ4n) is 10.3. The fourth-order valence-corrected chi connectivity index (χ4v) is 11.4. The molecule has 0 amide bonds. The molecule has 1 nitrogen and oxygen atoms in total. The van der Waals surface area contributed by atoms with Gasteiger partial charge in [-0.15, -0.1) is 11.3 Å². The van der Waals surface area contributed by atoms with Crippen molar-refractivity contribution >= 4 is 59.3 Å². The van der Waals surface area contributed by atoms with Gasteiger partial charge in [0.2, 0.25) is 0 Å². The molecule has 0 saturated heterocycles. The van der Waals surface area contributed by atoms with E-state index >= 15 is 0 Å². The van der Waals surface area contributed by atoms with Crippen molar-refractivity contribution in [2.24, 2.45) is 0 Å². The van der Waals surface area contributed by atoms with E-state index in [2.05, 4.69) is 189 Å². The Hall–Kier alpha value is -5.96. The molecule has 276 valence electrons. The Morgan fingerprint density at radius 2 is 1.14 bits per heavy atom. The first kappa shape index (κ1) is 34.3. The van der Waals surface area contributed by atoms with Gasteiger partial charge in [0.15, 0.2) is 0 Å². The first-order valence-electron chi connectivity index (χ1n) is 20.7. The second-order valence-electron chi connectivity index (χ2n) is 16.7. The summed E-state index contributed by atoms with van der Waals surface area (Å²) >= 11 is 1.88. The molecule has 0 atom stereocenters. The maximum atomic E-state index is 2.51. The van der Waals surface area contributed by atoms with Gasteiger partial charge in [-0.3, -0.25) is 0 Å². The van der Waals surface area contributed by atoms with Crippen molar-refractivity contribution in [1.82, 2.24) is 0 Å². The molecule has 9 aromatic rings. The zero-order valence-corrected chi connectivity index (χ0v) is 33.5. The molecule has 1 fully saturated rings. The highest BCUT2D eigenvalue weighted by molar-refractivity contribution is 7.25. The lowest BCUT2D eigenvalue weighted by Crippen LogP contribution is -2.17. The van der Waals surface area contributed by atoms with Crippen LogP contribution >= 0.6 is 11.3 Å². The average molecular weight is 752 g/mol. The van der Waals surface area contributed by atoms with Crippen LogP contribution in [0.2, 0.25) is 0 Å². The summed E-state index contributed by atoms with van der Waals surface area (Å²) in [4.78, 5) is 2.51. The highest BCUT2D eigenvalue weighted by Crippen LogP contribution is 2.52. The van der Waals surface area contributed by atoms with Crippen LogP contribution in [0.3, 0.4) is 0 Å². The number of nitrogens with zero attached hydrogens (tertiary/aromatic N) is 1. The van der Waals surface area contributed by atoms with Crippen LogP contribution in [0, 0.1) is 0 Å². The van der Waals surface area contributed by atoms with E-state index in [4.69, 9.17) is 0 Å². The predicted octanol–water partition coefficient (Wildman–Crippen LogP) is 16.4. The van der Waals surface area contributed by atoms with E-state index in [-0.39, 0.29) is 5.41 Å². The van der Waals surface area contributed by atoms with Gasteiger partial charge < -0.3 is 4.90 Å². The minimum absolute atomic E-state index is 0.108. The van der Waals surface area contributed by atoms with Crippen LogP contribution in [0.1, 0.15) is 68.6 Å². The average Bonchev–Trinajstić information content (AvgIpc) is 3.76. The molecule has 0 bridgehead atoms. The standard InChI is InChI=1S/C55H45NS/c1-55(2)48-25-9-6-19-43(48)44-34-33-40(35-49(44)55)56(39-31-29-37(30-32-39)42-23-14-28-52-54(42)47-21-8-11-27-51(47)57-52)50-26-10-7-20-45(50)46-24-13-18-38-17-12-22-41(53(38)46)36-15-4-3-5-16-36/h6-14,17-36H,3-5,15-16H2,1-2H3. The van der Waals surface area contributed by atoms with Gasteiger partial charge in [0.25, 0.3) is 0 Å². The van der Waals surface area contributed by atoms with Crippen molar-refractivity contribution in [2.45, 2.75) is 57.3 Å². The van der Waals surface area contributed by atoms with Crippen molar-refractivity contribution in [1.29, 1.82) is 0 Å². The summed E-state index contributed by atoms with van der Waals surface area (Å²) in [6, 6.07) is 64.1. The van der Waals surface area contributed by atoms with E-state index in [9.17, 15) is 0 Å². The van der Waals surface area contributed by atoms with Crippen molar-refractivity contribution < 1.29 is 0 Å². The van der Waals surface area contributed by atoms with Gasteiger partial charge in [-0.25, -0.2) is 0 Å². The minimum atomic E-state index is -0.108. The number of benzene rings is 8. The number of hydrogen-bond donors (Lipinski definition) is 0. The van der Waals surface area contributed by atoms with Crippen LogP contribution in [0.5, 0.6) is 0 Å². The topological polar surface area (TPSA) is 3.24 Å². The quantitative estimate of drug-likeness (QED) is 0.164. The molecule has 2 heteroatoms. The molecule has 0 radical (unpaired) electrons. The molecule has 1 heterocycles. The maximum absolute atomic E-state index is 2.51. The van der Waals surface area contributed by atoms with Gasteiger partial charge in [-0.2, -0.15) is 0 Å². The number of para-hydroxylation sites is 1. The highest BCUT2D eigenvalue weighted by atomic mass is 32.1. The van der Waals surface area contributed by atoms with Gasteiger partial charge in [0.05, 0.1) is 5.69 Å². The molecule has 2 aliphatic carbocycles. The summed E-state index contributed by atoms with van der Waals surface area (Å²) < 4.78 is 2.67. The van der Waals surface area contributed by atoms with Crippen molar-refractivity contribution in [3.8, 4) is 33.4 Å². The smallest absolute Gasteiger partial charge is 0.0540 e. The zero-order valence-electron chi connectivity index (χ0n) is 32.6. The highest BCUT2D eigenvalue weighted by Gasteiger charge is 2.36. The van der Waals surface area contributed by atoms with E-state index in [0.717, 1.165) is 5.69 Å². The lowest BCUT2D eigenvalue weighted by Gasteiger charge is -2.30. The van der Waals surface area contributed by atoms with Gasteiger partial charge in [-0.1, -0.05) is 161 Å². The molecular formula is C55H45NS. The molecule has 1 aromatic heterocycles. The van der Waals surface area contributed by atoms with Crippen LogP contribution in [0.25, 0.3) is 64.3 Å². The summed E-state index contributed by atoms with van der Waals surface area (Å²) in [7, 11) is 0. The summed E-state index contributed by atoms with van der Waals surface area (Å²) in [6.07, 6.45) is 6.54. The van der Waals surface area contributed by atoms with Crippen LogP contribution in [-0.4, -0.2) is 0 Å². The van der Waals surface area contributed by atoms with Gasteiger partial charge in [0.1, 0.15) is 0 Å². The van der Waals surface area contributed by atoms with E-state index in [1.165, 1.54) is 124 Å². The summed E-state index contributed by atoms with van der Waals surface area (Å²) in [5.41, 5.74) is 15.5. The Morgan fingerprint density at radius 1 is 0.491 bits per heavy atom. The monoisotopic (exact) mass is 751 g/mol. The lowest BCUT2D eigenvalue weighted by atomic mass is 9.80. The number of anilines is 3. The summed E-state index contributed by atoms with van der Waals surface area (Å²) in [6.45, 7) is 4.76. The molecule has 0 unspecified atom stereocenters. The number of hydrogen-bond acceptors (Lipinski definition) is 2. The molecular weight excluding hydrogens is 707 g/mol. The van der Waals surface area contributed by atoms with E-state index in [1.807, 2.05) is 11.3 Å². The Bertz CT molecular complexity index is 2970. The van der Waals surface area contributed by atoms with E-state index < -0.39 is 0 Å².